The van der Waals surface area contributed by atoms with Gasteiger partial charge in [0.1, 0.15) is 0 Å². The number of imidazole rings is 1. The average Bonchev–Trinajstić information content (AvgIpc) is 3.27. The molecule has 1 fully saturated rings. The molecule has 4 rings (SSSR count). The number of hydrogen-bond acceptors (Lipinski definition) is 4. The summed E-state index contributed by atoms with van der Waals surface area (Å²) in [7, 11) is 0. The van der Waals surface area contributed by atoms with Crippen LogP contribution in [0.2, 0.25) is 0 Å². The van der Waals surface area contributed by atoms with Crippen molar-refractivity contribution in [1.29, 1.82) is 0 Å². The van der Waals surface area contributed by atoms with Gasteiger partial charge in [0, 0.05) is 24.3 Å². The molecule has 1 aliphatic rings. The predicted molar refractivity (Wildman–Crippen MR) is 91.7 cm³/mol. The summed E-state index contributed by atoms with van der Waals surface area (Å²) < 4.78 is 7.82. The van der Waals surface area contributed by atoms with Crippen molar-refractivity contribution in [3.05, 3.63) is 66.1 Å². The van der Waals surface area contributed by atoms with E-state index in [2.05, 4.69) is 38.8 Å². The molecular formula is C19H20N4O. The molecule has 2 aromatic heterocycles. The Kier molecular flexibility index (Phi) is 4.09. The van der Waals surface area contributed by atoms with Crippen LogP contribution in [0.15, 0.2) is 49.1 Å². The molecule has 5 nitrogen and oxygen atoms in total. The lowest BCUT2D eigenvalue weighted by molar-refractivity contribution is 0.193. The molecule has 0 amide bonds. The van der Waals surface area contributed by atoms with Crippen LogP contribution in [-0.2, 0) is 11.3 Å². The lowest BCUT2D eigenvalue weighted by atomic mass is 9.99. The van der Waals surface area contributed by atoms with E-state index in [0.717, 1.165) is 42.3 Å². The smallest absolute Gasteiger partial charge is 0.0959 e. The summed E-state index contributed by atoms with van der Waals surface area (Å²) in [5.74, 6) is 0.376. The maximum absolute atomic E-state index is 5.62. The third-order valence-corrected chi connectivity index (χ3v) is 4.41. The lowest BCUT2D eigenvalue weighted by Gasteiger charge is -2.14. The zero-order valence-corrected chi connectivity index (χ0v) is 13.7. The molecule has 3 heterocycles. The van der Waals surface area contributed by atoms with E-state index >= 15 is 0 Å². The maximum atomic E-state index is 5.62. The Hall–Kier alpha value is -2.53. The number of hydrogen-bond donors (Lipinski definition) is 0. The van der Waals surface area contributed by atoms with Gasteiger partial charge in [0.15, 0.2) is 0 Å². The Morgan fingerprint density at radius 1 is 1.12 bits per heavy atom. The highest BCUT2D eigenvalue weighted by Crippen LogP contribution is 2.33. The summed E-state index contributed by atoms with van der Waals surface area (Å²) in [5.41, 5.74) is 5.30. The van der Waals surface area contributed by atoms with Crippen molar-refractivity contribution in [3.63, 3.8) is 0 Å². The van der Waals surface area contributed by atoms with Crippen LogP contribution in [0.1, 0.15) is 29.4 Å². The van der Waals surface area contributed by atoms with Crippen LogP contribution in [0, 0.1) is 6.92 Å². The average molecular weight is 320 g/mol. The number of ether oxygens (including phenoxy) is 1. The number of nitrogens with zero attached hydrogens (tertiary/aromatic N) is 4. The van der Waals surface area contributed by atoms with E-state index in [4.69, 9.17) is 9.72 Å². The van der Waals surface area contributed by atoms with Gasteiger partial charge in [-0.25, -0.2) is 4.98 Å². The molecule has 1 atom stereocenters. The van der Waals surface area contributed by atoms with E-state index in [-0.39, 0.29) is 0 Å². The fraction of sp³-hybridized carbons (Fsp3) is 0.316. The normalized spacial score (nSPS) is 17.3. The van der Waals surface area contributed by atoms with Crippen molar-refractivity contribution < 1.29 is 4.74 Å². The number of benzene rings is 1. The molecule has 122 valence electrons. The predicted octanol–water partition coefficient (Wildman–Crippen LogP) is 3.20. The van der Waals surface area contributed by atoms with E-state index in [0.29, 0.717) is 12.5 Å². The van der Waals surface area contributed by atoms with Crippen molar-refractivity contribution in [2.75, 3.05) is 13.2 Å². The number of rotatable bonds is 4. The first-order chi connectivity index (χ1) is 11.8. The summed E-state index contributed by atoms with van der Waals surface area (Å²) in [5, 5.41) is 0. The molecule has 3 aromatic rings. The zero-order valence-electron chi connectivity index (χ0n) is 13.7. The molecule has 0 saturated carbocycles. The molecule has 0 aliphatic carbocycles. The van der Waals surface area contributed by atoms with E-state index in [1.54, 1.807) is 0 Å². The summed E-state index contributed by atoms with van der Waals surface area (Å²) in [6.45, 7) is 4.20. The summed E-state index contributed by atoms with van der Waals surface area (Å²) in [6, 6.07) is 10.3. The third-order valence-electron chi connectivity index (χ3n) is 4.41. The van der Waals surface area contributed by atoms with E-state index in [9.17, 15) is 0 Å². The molecule has 1 saturated heterocycles. The van der Waals surface area contributed by atoms with Gasteiger partial charge in [-0.15, -0.1) is 0 Å². The summed E-state index contributed by atoms with van der Waals surface area (Å²) in [4.78, 5) is 13.5. The Balaban J connectivity index is 1.73. The maximum Gasteiger partial charge on any atom is 0.0959 e. The molecule has 0 unspecified atom stereocenters. The van der Waals surface area contributed by atoms with Crippen molar-refractivity contribution >= 4 is 0 Å². The van der Waals surface area contributed by atoms with Crippen LogP contribution in [-0.4, -0.2) is 32.7 Å². The van der Waals surface area contributed by atoms with Gasteiger partial charge < -0.3 is 9.30 Å². The van der Waals surface area contributed by atoms with Crippen LogP contribution in [0.3, 0.4) is 0 Å². The molecule has 0 N–H and O–H groups in total. The Morgan fingerprint density at radius 2 is 2.00 bits per heavy atom. The molecule has 1 aromatic carbocycles. The standard InChI is InChI=1S/C19H20N4O/c1-14-9-21-17(10-20-14)11-23-13-22-18(15-5-3-2-4-6-15)19(23)16-7-8-24-12-16/h2-6,9-10,13,16H,7-8,11-12H2,1H3/t16-/m1/s1. The first-order valence-corrected chi connectivity index (χ1v) is 8.27. The minimum Gasteiger partial charge on any atom is -0.381 e. The zero-order chi connectivity index (χ0) is 16.4. The van der Waals surface area contributed by atoms with Crippen molar-refractivity contribution in [1.82, 2.24) is 19.5 Å². The van der Waals surface area contributed by atoms with Crippen LogP contribution in [0.5, 0.6) is 0 Å². The molecular weight excluding hydrogens is 300 g/mol. The minimum atomic E-state index is 0.376. The van der Waals surface area contributed by atoms with Gasteiger partial charge >= 0.3 is 0 Å². The first-order valence-electron chi connectivity index (χ1n) is 8.27. The Labute approximate surface area is 141 Å². The van der Waals surface area contributed by atoms with Crippen molar-refractivity contribution in [2.24, 2.45) is 0 Å². The van der Waals surface area contributed by atoms with Crippen LogP contribution >= 0.6 is 0 Å². The monoisotopic (exact) mass is 320 g/mol. The second kappa shape index (κ2) is 6.53. The summed E-state index contributed by atoms with van der Waals surface area (Å²) >= 11 is 0. The van der Waals surface area contributed by atoms with Gasteiger partial charge in [0.25, 0.3) is 0 Å². The van der Waals surface area contributed by atoms with Gasteiger partial charge in [0.05, 0.1) is 48.5 Å². The number of aromatic nitrogens is 4. The largest absolute Gasteiger partial charge is 0.381 e. The van der Waals surface area contributed by atoms with E-state index in [1.165, 1.54) is 5.69 Å². The molecule has 0 spiro atoms. The highest BCUT2D eigenvalue weighted by molar-refractivity contribution is 5.62. The summed E-state index contributed by atoms with van der Waals surface area (Å²) in [6.07, 6.45) is 6.60. The lowest BCUT2D eigenvalue weighted by Crippen LogP contribution is -2.11. The first kappa shape index (κ1) is 15.0. The Bertz CT molecular complexity index is 805. The highest BCUT2D eigenvalue weighted by Gasteiger charge is 2.26. The molecule has 1 aliphatic heterocycles. The topological polar surface area (TPSA) is 52.8 Å². The van der Waals surface area contributed by atoms with Gasteiger partial charge in [-0.1, -0.05) is 30.3 Å². The fourth-order valence-corrected chi connectivity index (χ4v) is 3.19. The third kappa shape index (κ3) is 2.95. The molecule has 0 bridgehead atoms. The minimum absolute atomic E-state index is 0.376. The van der Waals surface area contributed by atoms with E-state index < -0.39 is 0 Å². The van der Waals surface area contributed by atoms with Crippen molar-refractivity contribution in [2.45, 2.75) is 25.8 Å². The molecule has 24 heavy (non-hydrogen) atoms. The quantitative estimate of drug-likeness (QED) is 0.741. The Morgan fingerprint density at radius 3 is 2.71 bits per heavy atom. The number of aryl methyl sites for hydroxylation is 1. The van der Waals surface area contributed by atoms with Gasteiger partial charge in [-0.05, 0) is 13.3 Å². The van der Waals surface area contributed by atoms with Gasteiger partial charge in [-0.3, -0.25) is 9.97 Å². The van der Waals surface area contributed by atoms with E-state index in [1.807, 2.05) is 31.7 Å². The fourth-order valence-electron chi connectivity index (χ4n) is 3.19. The van der Waals surface area contributed by atoms with Crippen LogP contribution in [0.25, 0.3) is 11.3 Å². The van der Waals surface area contributed by atoms with Crippen molar-refractivity contribution in [3.8, 4) is 11.3 Å². The van der Waals surface area contributed by atoms with Crippen LogP contribution in [0.4, 0.5) is 0 Å². The second-order valence-corrected chi connectivity index (χ2v) is 6.18. The van der Waals surface area contributed by atoms with Crippen LogP contribution < -0.4 is 0 Å². The highest BCUT2D eigenvalue weighted by atomic mass is 16.5. The second-order valence-electron chi connectivity index (χ2n) is 6.18. The van der Waals surface area contributed by atoms with Gasteiger partial charge in [0.2, 0.25) is 0 Å². The van der Waals surface area contributed by atoms with Gasteiger partial charge in [-0.2, -0.15) is 0 Å². The molecule has 0 radical (unpaired) electrons. The SMILES string of the molecule is Cc1cnc(Cn2cnc(-c3ccccc3)c2[C@@H]2CCOC2)cn1. The molecule has 5 heteroatoms.